The Morgan fingerprint density at radius 3 is 2.73 bits per heavy atom. The van der Waals surface area contributed by atoms with Crippen molar-refractivity contribution in [2.75, 3.05) is 5.75 Å². The number of ketones is 1. The summed E-state index contributed by atoms with van der Waals surface area (Å²) in [4.78, 5) is 26.4. The zero-order valence-corrected chi connectivity index (χ0v) is 12.1. The maximum atomic E-state index is 12.0. The first-order valence-electron chi connectivity index (χ1n) is 6.39. The van der Waals surface area contributed by atoms with Crippen molar-refractivity contribution in [3.05, 3.63) is 64.2 Å². The first-order valence-corrected chi connectivity index (χ1v) is 7.38. The third-order valence-corrected chi connectivity index (χ3v) is 3.81. The van der Waals surface area contributed by atoms with Crippen LogP contribution in [0.3, 0.4) is 0 Å². The maximum Gasteiger partial charge on any atom is 0.273 e. The van der Waals surface area contributed by atoms with E-state index in [2.05, 4.69) is 4.98 Å². The van der Waals surface area contributed by atoms with Crippen molar-refractivity contribution >= 4 is 34.3 Å². The molecule has 6 nitrogen and oxygen atoms in total. The highest BCUT2D eigenvalue weighted by atomic mass is 32.2. The molecule has 3 aromatic rings. The second kappa shape index (κ2) is 5.98. The Bertz CT molecular complexity index is 845. The van der Waals surface area contributed by atoms with Gasteiger partial charge in [0.1, 0.15) is 5.52 Å². The van der Waals surface area contributed by atoms with Crippen molar-refractivity contribution in [3.63, 3.8) is 0 Å². The van der Waals surface area contributed by atoms with E-state index in [4.69, 9.17) is 4.42 Å². The van der Waals surface area contributed by atoms with Crippen molar-refractivity contribution < 1.29 is 14.1 Å². The molecule has 2 aromatic carbocycles. The van der Waals surface area contributed by atoms with Gasteiger partial charge >= 0.3 is 0 Å². The number of fused-ring (bicyclic) bond motifs is 1. The number of rotatable bonds is 5. The smallest absolute Gasteiger partial charge is 0.273 e. The summed E-state index contributed by atoms with van der Waals surface area (Å²) in [6, 6.07) is 13.2. The Morgan fingerprint density at radius 2 is 2.00 bits per heavy atom. The van der Waals surface area contributed by atoms with E-state index in [0.29, 0.717) is 21.9 Å². The van der Waals surface area contributed by atoms with Crippen LogP contribution in [0.2, 0.25) is 0 Å². The van der Waals surface area contributed by atoms with Crippen molar-refractivity contribution in [1.82, 2.24) is 4.98 Å². The number of nitro groups is 1. The quantitative estimate of drug-likeness (QED) is 0.309. The Labute approximate surface area is 129 Å². The largest absolute Gasteiger partial charge is 0.431 e. The van der Waals surface area contributed by atoms with E-state index < -0.39 is 4.92 Å². The molecule has 0 atom stereocenters. The van der Waals surface area contributed by atoms with Crippen LogP contribution in [-0.2, 0) is 0 Å². The molecular weight excluding hydrogens is 304 g/mol. The third kappa shape index (κ3) is 2.99. The Balaban J connectivity index is 1.74. The predicted molar refractivity (Wildman–Crippen MR) is 82.2 cm³/mol. The highest BCUT2D eigenvalue weighted by molar-refractivity contribution is 7.99. The molecule has 110 valence electrons. The first-order chi connectivity index (χ1) is 10.6. The van der Waals surface area contributed by atoms with Crippen LogP contribution in [0.15, 0.2) is 58.2 Å². The molecule has 0 unspecified atom stereocenters. The lowest BCUT2D eigenvalue weighted by molar-refractivity contribution is -0.384. The van der Waals surface area contributed by atoms with Crippen LogP contribution in [0.1, 0.15) is 10.4 Å². The summed E-state index contributed by atoms with van der Waals surface area (Å²) in [7, 11) is 0. The Hall–Kier alpha value is -2.67. The van der Waals surface area contributed by atoms with Crippen LogP contribution < -0.4 is 0 Å². The van der Waals surface area contributed by atoms with E-state index in [9.17, 15) is 14.9 Å². The van der Waals surface area contributed by atoms with Crippen LogP contribution in [0.25, 0.3) is 11.1 Å². The van der Waals surface area contributed by atoms with Crippen LogP contribution in [0, 0.1) is 10.1 Å². The number of nitrogens with zero attached hydrogens (tertiary/aromatic N) is 2. The number of carbonyl (C=O) groups excluding carboxylic acids is 1. The third-order valence-electron chi connectivity index (χ3n) is 2.99. The van der Waals surface area contributed by atoms with E-state index in [1.54, 1.807) is 24.3 Å². The second-order valence-electron chi connectivity index (χ2n) is 4.47. The number of nitro benzene ring substituents is 1. The van der Waals surface area contributed by atoms with Gasteiger partial charge in [-0.3, -0.25) is 14.9 Å². The minimum Gasteiger partial charge on any atom is -0.431 e. The van der Waals surface area contributed by atoms with Crippen LogP contribution in [0.5, 0.6) is 0 Å². The number of carbonyl (C=O) groups is 1. The highest BCUT2D eigenvalue weighted by Crippen LogP contribution is 2.26. The standard InChI is InChI=1S/C15H10N2O4S/c18-13(10-4-2-1-3-5-10)9-22-15-16-12-7-6-11(17(19)20)8-14(12)21-15/h1-8H,9H2. The first kappa shape index (κ1) is 14.3. The fourth-order valence-electron chi connectivity index (χ4n) is 1.90. The summed E-state index contributed by atoms with van der Waals surface area (Å²) in [5, 5.41) is 11.0. The van der Waals surface area contributed by atoms with Gasteiger partial charge in [-0.05, 0) is 6.07 Å². The number of Topliss-reactive ketones (excluding diaryl/α,β-unsaturated/α-hetero) is 1. The van der Waals surface area contributed by atoms with E-state index in [-0.39, 0.29) is 17.2 Å². The normalized spacial score (nSPS) is 10.7. The van der Waals surface area contributed by atoms with Crippen molar-refractivity contribution in [1.29, 1.82) is 0 Å². The molecule has 0 aliphatic rings. The molecule has 1 heterocycles. The van der Waals surface area contributed by atoms with Gasteiger partial charge in [-0.15, -0.1) is 0 Å². The molecule has 0 saturated heterocycles. The Kier molecular flexibility index (Phi) is 3.88. The number of oxazole rings is 1. The highest BCUT2D eigenvalue weighted by Gasteiger charge is 2.13. The number of hydrogen-bond acceptors (Lipinski definition) is 6. The maximum absolute atomic E-state index is 12.0. The molecule has 0 fully saturated rings. The minimum atomic E-state index is -0.492. The minimum absolute atomic E-state index is 0.0289. The van der Waals surface area contributed by atoms with E-state index in [1.807, 2.05) is 6.07 Å². The Morgan fingerprint density at radius 1 is 1.23 bits per heavy atom. The fraction of sp³-hybridized carbons (Fsp3) is 0.0667. The van der Waals surface area contributed by atoms with Gasteiger partial charge in [0, 0.05) is 11.6 Å². The van der Waals surface area contributed by atoms with Gasteiger partial charge in [0.05, 0.1) is 16.7 Å². The lowest BCUT2D eigenvalue weighted by Crippen LogP contribution is -2.01. The van der Waals surface area contributed by atoms with Crippen molar-refractivity contribution in [2.45, 2.75) is 5.22 Å². The summed E-state index contributed by atoms with van der Waals surface area (Å²) in [5.74, 6) is 0.165. The molecule has 0 N–H and O–H groups in total. The molecule has 0 spiro atoms. The van der Waals surface area contributed by atoms with Gasteiger partial charge in [-0.1, -0.05) is 42.1 Å². The zero-order valence-electron chi connectivity index (χ0n) is 11.3. The van der Waals surface area contributed by atoms with Crippen molar-refractivity contribution in [3.8, 4) is 0 Å². The molecule has 22 heavy (non-hydrogen) atoms. The van der Waals surface area contributed by atoms with E-state index >= 15 is 0 Å². The zero-order chi connectivity index (χ0) is 15.5. The predicted octanol–water partition coefficient (Wildman–Crippen LogP) is 3.71. The molecule has 0 amide bonds. The van der Waals surface area contributed by atoms with Gasteiger partial charge in [0.25, 0.3) is 10.9 Å². The summed E-state index contributed by atoms with van der Waals surface area (Å²) >= 11 is 1.17. The lowest BCUT2D eigenvalue weighted by atomic mass is 10.2. The summed E-state index contributed by atoms with van der Waals surface area (Å²) in [6.45, 7) is 0. The van der Waals surface area contributed by atoms with Crippen molar-refractivity contribution in [2.24, 2.45) is 0 Å². The van der Waals surface area contributed by atoms with Gasteiger partial charge in [0.2, 0.25) is 0 Å². The molecule has 0 bridgehead atoms. The number of thioether (sulfide) groups is 1. The van der Waals surface area contributed by atoms with Gasteiger partial charge < -0.3 is 4.42 Å². The van der Waals surface area contributed by atoms with Crippen LogP contribution in [0.4, 0.5) is 5.69 Å². The molecule has 7 heteroatoms. The number of aromatic nitrogens is 1. The summed E-state index contributed by atoms with van der Waals surface area (Å²) < 4.78 is 5.44. The van der Waals surface area contributed by atoms with Crippen LogP contribution >= 0.6 is 11.8 Å². The summed E-state index contributed by atoms with van der Waals surface area (Å²) in [6.07, 6.45) is 0. The molecule has 1 aromatic heterocycles. The van der Waals surface area contributed by atoms with E-state index in [1.165, 1.54) is 30.0 Å². The molecule has 0 aliphatic heterocycles. The van der Waals surface area contributed by atoms with Gasteiger partial charge in [0.15, 0.2) is 11.4 Å². The monoisotopic (exact) mass is 314 g/mol. The summed E-state index contributed by atoms with van der Waals surface area (Å²) in [5.41, 5.74) is 1.44. The number of non-ortho nitro benzene ring substituents is 1. The average molecular weight is 314 g/mol. The molecular formula is C15H10N2O4S. The molecule has 0 radical (unpaired) electrons. The van der Waals surface area contributed by atoms with Gasteiger partial charge in [-0.25, -0.2) is 4.98 Å². The average Bonchev–Trinajstić information content (AvgIpc) is 2.95. The van der Waals surface area contributed by atoms with Gasteiger partial charge in [-0.2, -0.15) is 0 Å². The second-order valence-corrected chi connectivity index (χ2v) is 5.39. The molecule has 3 rings (SSSR count). The lowest BCUT2D eigenvalue weighted by Gasteiger charge is -1.97. The number of hydrogen-bond donors (Lipinski definition) is 0. The SMILES string of the molecule is O=C(CSc1nc2ccc([N+](=O)[O-])cc2o1)c1ccccc1. The van der Waals surface area contributed by atoms with E-state index in [0.717, 1.165) is 0 Å². The number of benzene rings is 2. The van der Waals surface area contributed by atoms with Crippen LogP contribution in [-0.4, -0.2) is 21.4 Å². The molecule has 0 aliphatic carbocycles. The topological polar surface area (TPSA) is 86.2 Å². The molecule has 0 saturated carbocycles. The fourth-order valence-corrected chi connectivity index (χ4v) is 2.63.